The van der Waals surface area contributed by atoms with Crippen molar-refractivity contribution in [3.63, 3.8) is 0 Å². The number of thiazole rings is 1. The van der Waals surface area contributed by atoms with Crippen LogP contribution in [-0.2, 0) is 19.2 Å². The first-order valence-electron chi connectivity index (χ1n) is 11.0. The molecule has 37 heavy (non-hydrogen) atoms. The fourth-order valence-corrected chi connectivity index (χ4v) is 6.97. The van der Waals surface area contributed by atoms with E-state index in [4.69, 9.17) is 4.74 Å². The summed E-state index contributed by atoms with van der Waals surface area (Å²) in [7, 11) is 0. The number of fused-ring (bicyclic) bond motifs is 2. The van der Waals surface area contributed by atoms with Crippen LogP contribution in [0.25, 0.3) is 0 Å². The number of nitrogens with one attached hydrogen (secondary N) is 2. The Hall–Kier alpha value is -3.97. The standard InChI is InChI=1S/C24H18FN3O7S2/c25-11-5-7-12(8-6-11)26-15(29)10-35-14-4-2-1-3-13(14)17-18-20(36-21-19(17)37-24(34)27-21)23(33)28(22(18)32)9-16(30)31/h1-8,17-18,20H,9-10H2,(H,26,29)(H,27,34)(H,30,31)/t17-,18?,20?/m1/s1. The quantitative estimate of drug-likeness (QED) is 0.385. The molecule has 2 aliphatic rings. The van der Waals surface area contributed by atoms with Gasteiger partial charge in [0.25, 0.3) is 5.91 Å². The van der Waals surface area contributed by atoms with Gasteiger partial charge in [0.2, 0.25) is 11.8 Å². The van der Waals surface area contributed by atoms with E-state index in [0.29, 0.717) is 21.2 Å². The van der Waals surface area contributed by atoms with Crippen molar-refractivity contribution in [1.82, 2.24) is 9.88 Å². The number of hydrogen-bond donors (Lipinski definition) is 3. The summed E-state index contributed by atoms with van der Waals surface area (Å²) in [5.41, 5.74) is 0.855. The Morgan fingerprint density at radius 3 is 2.54 bits per heavy atom. The summed E-state index contributed by atoms with van der Waals surface area (Å²) in [6, 6.07) is 11.9. The number of aliphatic carboxylic acids is 1. The van der Waals surface area contributed by atoms with Gasteiger partial charge in [-0.25, -0.2) is 4.39 Å². The molecule has 0 bridgehead atoms. The lowest BCUT2D eigenvalue weighted by atomic mass is 9.82. The molecule has 1 aromatic heterocycles. The van der Waals surface area contributed by atoms with Crippen LogP contribution in [0.4, 0.5) is 10.1 Å². The molecule has 1 fully saturated rings. The van der Waals surface area contributed by atoms with E-state index >= 15 is 0 Å². The molecule has 0 saturated carbocycles. The Morgan fingerprint density at radius 2 is 1.81 bits per heavy atom. The zero-order valence-electron chi connectivity index (χ0n) is 18.8. The second kappa shape index (κ2) is 9.82. The number of nitrogens with zero attached hydrogens (tertiary/aromatic N) is 1. The van der Waals surface area contributed by atoms with Gasteiger partial charge in [0.1, 0.15) is 23.4 Å². The molecule has 1 saturated heterocycles. The van der Waals surface area contributed by atoms with Gasteiger partial charge in [-0.2, -0.15) is 0 Å². The molecule has 0 radical (unpaired) electrons. The minimum atomic E-state index is -1.32. The Balaban J connectivity index is 1.46. The first-order valence-corrected chi connectivity index (χ1v) is 12.7. The summed E-state index contributed by atoms with van der Waals surface area (Å²) in [6.45, 7) is -1.16. The van der Waals surface area contributed by atoms with E-state index in [1.54, 1.807) is 24.3 Å². The fourth-order valence-electron chi connectivity index (χ4n) is 4.44. The number of likely N-dealkylation sites (tertiary alicyclic amines) is 1. The third-order valence-electron chi connectivity index (χ3n) is 5.95. The number of amides is 3. The van der Waals surface area contributed by atoms with Crippen molar-refractivity contribution in [3.8, 4) is 5.75 Å². The van der Waals surface area contributed by atoms with E-state index in [1.807, 2.05) is 0 Å². The number of rotatable bonds is 7. The van der Waals surface area contributed by atoms with Gasteiger partial charge in [0.05, 0.1) is 10.9 Å². The Kier molecular flexibility index (Phi) is 6.56. The number of carboxylic acid groups (broad SMARTS) is 1. The molecule has 3 N–H and O–H groups in total. The highest BCUT2D eigenvalue weighted by Crippen LogP contribution is 2.53. The zero-order chi connectivity index (χ0) is 26.3. The molecule has 3 amide bonds. The number of H-pyrrole nitrogens is 1. The number of imide groups is 1. The first kappa shape index (κ1) is 24.7. The smallest absolute Gasteiger partial charge is 0.323 e. The van der Waals surface area contributed by atoms with E-state index in [-0.39, 0.29) is 10.6 Å². The summed E-state index contributed by atoms with van der Waals surface area (Å²) in [4.78, 5) is 65.8. The molecule has 3 heterocycles. The largest absolute Gasteiger partial charge is 0.483 e. The number of aromatic amines is 1. The maximum atomic E-state index is 13.3. The van der Waals surface area contributed by atoms with Crippen LogP contribution < -0.4 is 14.9 Å². The van der Waals surface area contributed by atoms with E-state index in [9.17, 15) is 33.5 Å². The predicted octanol–water partition coefficient (Wildman–Crippen LogP) is 2.27. The molecule has 2 aromatic carbocycles. The van der Waals surface area contributed by atoms with Crippen LogP contribution in [-0.4, -0.2) is 57.1 Å². The highest BCUT2D eigenvalue weighted by Gasteiger charge is 2.56. The van der Waals surface area contributed by atoms with Gasteiger partial charge in [-0.1, -0.05) is 41.3 Å². The fraction of sp³-hybridized carbons (Fsp3) is 0.208. The molecule has 13 heteroatoms. The summed E-state index contributed by atoms with van der Waals surface area (Å²) in [6.07, 6.45) is 0. The highest BCUT2D eigenvalue weighted by atomic mass is 32.2. The van der Waals surface area contributed by atoms with Crippen LogP contribution in [0.1, 0.15) is 16.4 Å². The molecule has 5 rings (SSSR count). The Bertz CT molecular complexity index is 1470. The lowest BCUT2D eigenvalue weighted by Crippen LogP contribution is -2.36. The second-order valence-corrected chi connectivity index (χ2v) is 10.5. The van der Waals surface area contributed by atoms with Crippen LogP contribution in [0, 0.1) is 11.7 Å². The third kappa shape index (κ3) is 4.74. The maximum Gasteiger partial charge on any atom is 0.323 e. The number of benzene rings is 2. The Labute approximate surface area is 216 Å². The molecule has 0 spiro atoms. The molecule has 3 aromatic rings. The van der Waals surface area contributed by atoms with Gasteiger partial charge in [-0.3, -0.25) is 28.9 Å². The van der Waals surface area contributed by atoms with Crippen molar-refractivity contribution in [2.75, 3.05) is 18.5 Å². The van der Waals surface area contributed by atoms with Crippen molar-refractivity contribution in [2.24, 2.45) is 5.92 Å². The van der Waals surface area contributed by atoms with Crippen LogP contribution in [0.5, 0.6) is 5.75 Å². The normalized spacial score (nSPS) is 20.4. The zero-order valence-corrected chi connectivity index (χ0v) is 20.4. The summed E-state index contributed by atoms with van der Waals surface area (Å²) < 4.78 is 18.9. The number of carbonyl (C=O) groups is 4. The predicted molar refractivity (Wildman–Crippen MR) is 131 cm³/mol. The molecule has 10 nitrogen and oxygen atoms in total. The number of para-hydroxylation sites is 1. The lowest BCUT2D eigenvalue weighted by molar-refractivity contribution is -0.149. The van der Waals surface area contributed by atoms with E-state index in [0.717, 1.165) is 28.0 Å². The molecular weight excluding hydrogens is 525 g/mol. The monoisotopic (exact) mass is 543 g/mol. The molecule has 3 atom stereocenters. The topological polar surface area (TPSA) is 146 Å². The van der Waals surface area contributed by atoms with Crippen LogP contribution in [0.2, 0.25) is 0 Å². The number of hydrogen-bond acceptors (Lipinski definition) is 8. The van der Waals surface area contributed by atoms with Gasteiger partial charge < -0.3 is 20.1 Å². The Morgan fingerprint density at radius 1 is 1.08 bits per heavy atom. The van der Waals surface area contributed by atoms with Crippen LogP contribution in [0.15, 0.2) is 58.4 Å². The maximum absolute atomic E-state index is 13.3. The van der Waals surface area contributed by atoms with Gasteiger partial charge >= 0.3 is 10.8 Å². The van der Waals surface area contributed by atoms with E-state index in [2.05, 4.69) is 10.3 Å². The van der Waals surface area contributed by atoms with Crippen LogP contribution in [0.3, 0.4) is 0 Å². The van der Waals surface area contributed by atoms with E-state index < -0.39 is 59.7 Å². The first-order chi connectivity index (χ1) is 17.7. The van der Waals surface area contributed by atoms with Gasteiger partial charge in [-0.15, -0.1) is 0 Å². The number of aromatic nitrogens is 1. The van der Waals surface area contributed by atoms with Crippen molar-refractivity contribution in [1.29, 1.82) is 0 Å². The molecule has 0 aliphatic carbocycles. The summed E-state index contributed by atoms with van der Waals surface area (Å²) in [5.74, 6) is -5.04. The average molecular weight is 544 g/mol. The number of ether oxygens (including phenoxy) is 1. The van der Waals surface area contributed by atoms with E-state index in [1.165, 1.54) is 24.3 Å². The van der Waals surface area contributed by atoms with Gasteiger partial charge in [-0.05, 0) is 30.3 Å². The van der Waals surface area contributed by atoms with Crippen LogP contribution >= 0.6 is 23.1 Å². The number of thioether (sulfide) groups is 1. The third-order valence-corrected chi connectivity index (χ3v) is 8.35. The highest BCUT2D eigenvalue weighted by molar-refractivity contribution is 8.00. The van der Waals surface area contributed by atoms with Crippen molar-refractivity contribution < 1.29 is 33.4 Å². The number of carbonyl (C=O) groups excluding carboxylic acids is 3. The van der Waals surface area contributed by atoms with Gasteiger partial charge in [0.15, 0.2) is 6.61 Å². The van der Waals surface area contributed by atoms with Gasteiger partial charge in [0, 0.05) is 22.0 Å². The molecule has 190 valence electrons. The van der Waals surface area contributed by atoms with Crippen molar-refractivity contribution in [2.45, 2.75) is 16.2 Å². The lowest BCUT2D eigenvalue weighted by Gasteiger charge is -2.30. The minimum absolute atomic E-state index is 0.260. The van der Waals surface area contributed by atoms with Crippen molar-refractivity contribution >= 4 is 52.5 Å². The molecular formula is C24H18FN3O7S2. The minimum Gasteiger partial charge on any atom is -0.483 e. The number of anilines is 1. The molecule has 2 aliphatic heterocycles. The number of halogens is 1. The summed E-state index contributed by atoms with van der Waals surface area (Å²) >= 11 is 1.93. The van der Waals surface area contributed by atoms with Crippen molar-refractivity contribution in [3.05, 3.63) is 74.5 Å². The number of carboxylic acids is 1. The molecule has 2 unspecified atom stereocenters. The SMILES string of the molecule is O=C(O)CN1C(=O)C2Sc3[nH]c(=O)sc3[C@H](c3ccccc3OCC(=O)Nc3ccc(F)cc3)C2C1=O. The summed E-state index contributed by atoms with van der Waals surface area (Å²) in [5, 5.41) is 11.3. The average Bonchev–Trinajstić information content (AvgIpc) is 3.35. The second-order valence-electron chi connectivity index (χ2n) is 8.29.